The first kappa shape index (κ1) is 23.0. The van der Waals surface area contributed by atoms with E-state index in [0.29, 0.717) is 17.7 Å². The van der Waals surface area contributed by atoms with Gasteiger partial charge in [-0.05, 0) is 30.2 Å². The number of benzene rings is 2. The third kappa shape index (κ3) is 6.16. The van der Waals surface area contributed by atoms with Gasteiger partial charge in [-0.1, -0.05) is 41.6 Å². The second-order valence-corrected chi connectivity index (χ2v) is 8.79. The van der Waals surface area contributed by atoms with Crippen LogP contribution in [0.5, 0.6) is 5.75 Å². The quantitative estimate of drug-likeness (QED) is 0.439. The Morgan fingerprint density at radius 3 is 2.26 bits per heavy atom. The van der Waals surface area contributed by atoms with Crippen molar-refractivity contribution in [2.24, 2.45) is 0 Å². The number of halogens is 3. The molecule has 1 heterocycles. The van der Waals surface area contributed by atoms with E-state index in [-0.39, 0.29) is 18.6 Å². The third-order valence-electron chi connectivity index (χ3n) is 4.29. The minimum absolute atomic E-state index is 0.108. The van der Waals surface area contributed by atoms with Gasteiger partial charge in [-0.2, -0.15) is 18.2 Å². The van der Waals surface area contributed by atoms with Gasteiger partial charge in [0, 0.05) is 12.1 Å². The monoisotopic (exact) mass is 455 g/mol. The first-order valence-electron chi connectivity index (χ1n) is 9.34. The fourth-order valence-electron chi connectivity index (χ4n) is 2.77. The molecule has 0 saturated heterocycles. The van der Waals surface area contributed by atoms with Crippen LogP contribution in [0.3, 0.4) is 0 Å². The van der Waals surface area contributed by atoms with Crippen molar-refractivity contribution in [2.75, 3.05) is 13.7 Å². The standard InChI is InChI=1S/C20H21F3N3O4P/c1-3-29-31(27,24-12-14-6-10-17(28-2)11-7-14)13-15-4-8-16(9-5-15)18-25-19(30-26-18)20(21,22)23/h4-11H,3,12-13H2,1-2H3,(H,24,27). The molecule has 3 rings (SSSR count). The van der Waals surface area contributed by atoms with Crippen LogP contribution in [0.1, 0.15) is 23.9 Å². The van der Waals surface area contributed by atoms with Crippen molar-refractivity contribution in [3.63, 3.8) is 0 Å². The summed E-state index contributed by atoms with van der Waals surface area (Å²) in [7, 11) is -1.63. The van der Waals surface area contributed by atoms with Gasteiger partial charge in [0.1, 0.15) is 5.75 Å². The molecular weight excluding hydrogens is 434 g/mol. The van der Waals surface area contributed by atoms with Crippen molar-refractivity contribution in [3.05, 3.63) is 65.5 Å². The summed E-state index contributed by atoms with van der Waals surface area (Å²) in [5, 5.41) is 6.35. The normalized spacial score (nSPS) is 13.7. The first-order chi connectivity index (χ1) is 14.7. The molecule has 0 radical (unpaired) electrons. The Morgan fingerprint density at radius 2 is 1.71 bits per heavy atom. The lowest BCUT2D eigenvalue weighted by atomic mass is 10.1. The van der Waals surface area contributed by atoms with Gasteiger partial charge >= 0.3 is 12.1 Å². The Balaban J connectivity index is 1.68. The van der Waals surface area contributed by atoms with Crippen LogP contribution in [-0.4, -0.2) is 23.9 Å². The molecule has 7 nitrogen and oxygen atoms in total. The number of alkyl halides is 3. The lowest BCUT2D eigenvalue weighted by Crippen LogP contribution is -2.14. The van der Waals surface area contributed by atoms with Gasteiger partial charge in [0.2, 0.25) is 5.82 Å². The highest BCUT2D eigenvalue weighted by atomic mass is 31.2. The average Bonchev–Trinajstić information content (AvgIpc) is 3.24. The van der Waals surface area contributed by atoms with E-state index < -0.39 is 19.6 Å². The highest BCUT2D eigenvalue weighted by Gasteiger charge is 2.38. The van der Waals surface area contributed by atoms with Crippen molar-refractivity contribution in [1.29, 1.82) is 0 Å². The van der Waals surface area contributed by atoms with Crippen LogP contribution >= 0.6 is 7.52 Å². The van der Waals surface area contributed by atoms with E-state index in [1.807, 2.05) is 24.3 Å². The smallest absolute Gasteiger partial charge is 0.471 e. The number of ether oxygens (including phenoxy) is 1. The van der Waals surface area contributed by atoms with Gasteiger partial charge in [0.05, 0.1) is 19.9 Å². The number of nitrogens with zero attached hydrogens (tertiary/aromatic N) is 2. The summed E-state index contributed by atoms with van der Waals surface area (Å²) in [5.74, 6) is -0.861. The van der Waals surface area contributed by atoms with Crippen molar-refractivity contribution in [2.45, 2.75) is 25.8 Å². The zero-order chi connectivity index (χ0) is 22.5. The van der Waals surface area contributed by atoms with E-state index in [0.717, 1.165) is 11.3 Å². The number of methoxy groups -OCH3 is 1. The molecule has 1 aromatic heterocycles. The predicted molar refractivity (Wildman–Crippen MR) is 108 cm³/mol. The Labute approximate surface area is 177 Å². The maximum Gasteiger partial charge on any atom is 0.471 e. The summed E-state index contributed by atoms with van der Waals surface area (Å²) < 4.78 is 66.0. The fraction of sp³-hybridized carbons (Fsp3) is 0.300. The van der Waals surface area contributed by atoms with Crippen molar-refractivity contribution in [1.82, 2.24) is 15.2 Å². The van der Waals surface area contributed by atoms with Gasteiger partial charge in [-0.25, -0.2) is 5.09 Å². The zero-order valence-electron chi connectivity index (χ0n) is 16.8. The van der Waals surface area contributed by atoms with Crippen LogP contribution in [0, 0.1) is 0 Å². The van der Waals surface area contributed by atoms with E-state index >= 15 is 0 Å². The Morgan fingerprint density at radius 1 is 1.06 bits per heavy atom. The van der Waals surface area contributed by atoms with E-state index in [4.69, 9.17) is 9.26 Å². The zero-order valence-corrected chi connectivity index (χ0v) is 17.7. The largest absolute Gasteiger partial charge is 0.497 e. The van der Waals surface area contributed by atoms with Crippen molar-refractivity contribution in [3.8, 4) is 17.1 Å². The summed E-state index contributed by atoms with van der Waals surface area (Å²) in [5.41, 5.74) is 1.94. The van der Waals surface area contributed by atoms with Crippen LogP contribution < -0.4 is 9.82 Å². The number of aromatic nitrogens is 2. The molecule has 0 amide bonds. The van der Waals surface area contributed by atoms with E-state index in [1.165, 1.54) is 0 Å². The molecule has 2 aromatic carbocycles. The molecule has 0 aliphatic carbocycles. The SMILES string of the molecule is CCOP(=O)(Cc1ccc(-c2noc(C(F)(F)F)n2)cc1)NCc1ccc(OC)cc1. The van der Waals surface area contributed by atoms with Crippen LogP contribution in [-0.2, 0) is 28.0 Å². The van der Waals surface area contributed by atoms with Crippen LogP contribution in [0.25, 0.3) is 11.4 Å². The Kier molecular flexibility index (Phi) is 7.15. The number of hydrogen-bond donors (Lipinski definition) is 1. The molecule has 31 heavy (non-hydrogen) atoms. The van der Waals surface area contributed by atoms with Crippen molar-refractivity contribution < 1.29 is 31.5 Å². The van der Waals surface area contributed by atoms with Gasteiger partial charge in [0.25, 0.3) is 7.52 Å². The molecule has 0 aliphatic rings. The van der Waals surface area contributed by atoms with Crippen LogP contribution in [0.4, 0.5) is 13.2 Å². The third-order valence-corrected chi connectivity index (χ3v) is 6.39. The van der Waals surface area contributed by atoms with Crippen LogP contribution in [0.2, 0.25) is 0 Å². The predicted octanol–water partition coefficient (Wildman–Crippen LogP) is 5.28. The topological polar surface area (TPSA) is 86.5 Å². The molecule has 0 spiro atoms. The summed E-state index contributed by atoms with van der Waals surface area (Å²) in [6.07, 6.45) is -4.60. The van der Waals surface area contributed by atoms with Gasteiger partial charge in [-0.15, -0.1) is 0 Å². The van der Waals surface area contributed by atoms with E-state index in [9.17, 15) is 17.7 Å². The first-order valence-corrected chi connectivity index (χ1v) is 11.2. The second-order valence-electron chi connectivity index (χ2n) is 6.55. The highest BCUT2D eigenvalue weighted by molar-refractivity contribution is 7.56. The van der Waals surface area contributed by atoms with E-state index in [1.54, 1.807) is 38.3 Å². The summed E-state index contributed by atoms with van der Waals surface area (Å²) in [6.45, 7) is 2.34. The molecule has 11 heteroatoms. The highest BCUT2D eigenvalue weighted by Crippen LogP contribution is 2.46. The maximum absolute atomic E-state index is 13.2. The second kappa shape index (κ2) is 9.64. The summed E-state index contributed by atoms with van der Waals surface area (Å²) in [4.78, 5) is 3.36. The van der Waals surface area contributed by atoms with Gasteiger partial charge < -0.3 is 13.8 Å². The lowest BCUT2D eigenvalue weighted by molar-refractivity contribution is -0.159. The van der Waals surface area contributed by atoms with E-state index in [2.05, 4.69) is 19.8 Å². The molecule has 0 fully saturated rings. The lowest BCUT2D eigenvalue weighted by Gasteiger charge is -2.19. The van der Waals surface area contributed by atoms with Gasteiger partial charge in [0.15, 0.2) is 0 Å². The molecule has 166 valence electrons. The molecule has 1 unspecified atom stereocenters. The number of hydrogen-bond acceptors (Lipinski definition) is 6. The molecule has 0 bridgehead atoms. The van der Waals surface area contributed by atoms with Crippen molar-refractivity contribution >= 4 is 7.52 Å². The molecular formula is C20H21F3N3O4P. The van der Waals surface area contributed by atoms with Crippen LogP contribution in [0.15, 0.2) is 53.1 Å². The van der Waals surface area contributed by atoms with Gasteiger partial charge in [-0.3, -0.25) is 4.57 Å². The summed E-state index contributed by atoms with van der Waals surface area (Å²) in [6, 6.07) is 13.7. The minimum atomic E-state index is -4.70. The molecule has 0 aliphatic heterocycles. The minimum Gasteiger partial charge on any atom is -0.497 e. The number of nitrogens with one attached hydrogen (secondary N) is 1. The maximum atomic E-state index is 13.2. The molecule has 3 aromatic rings. The molecule has 0 saturated carbocycles. The average molecular weight is 455 g/mol. The fourth-order valence-corrected chi connectivity index (χ4v) is 4.59. The Bertz CT molecular complexity index is 1040. The number of rotatable bonds is 9. The summed E-state index contributed by atoms with van der Waals surface area (Å²) >= 11 is 0. The molecule has 1 atom stereocenters. The Hall–Kier alpha value is -2.68. The molecule has 1 N–H and O–H groups in total.